The Balaban J connectivity index is 1.70. The van der Waals surface area contributed by atoms with Crippen molar-refractivity contribution in [2.24, 2.45) is 0 Å². The van der Waals surface area contributed by atoms with Gasteiger partial charge in [0, 0.05) is 0 Å². The zero-order valence-corrected chi connectivity index (χ0v) is 13.0. The average molecular weight is 339 g/mol. The maximum Gasteiger partial charge on any atom is 0.329 e. The second-order valence-electron chi connectivity index (χ2n) is 5.32. The summed E-state index contributed by atoms with van der Waals surface area (Å²) in [6.45, 7) is -0.509. The molecule has 0 aromatic heterocycles. The van der Waals surface area contributed by atoms with Crippen LogP contribution in [0.3, 0.4) is 0 Å². The van der Waals surface area contributed by atoms with Crippen LogP contribution in [0, 0.1) is 5.82 Å². The van der Waals surface area contributed by atoms with Crippen LogP contribution in [0.25, 0.3) is 6.08 Å². The molecule has 0 atom stereocenters. The first kappa shape index (κ1) is 16.4. The first-order valence-corrected chi connectivity index (χ1v) is 7.48. The molecule has 126 valence electrons. The lowest BCUT2D eigenvalue weighted by atomic mass is 10.2. The Hall–Kier alpha value is -3.48. The van der Waals surface area contributed by atoms with Gasteiger partial charge in [0.1, 0.15) is 18.1 Å². The van der Waals surface area contributed by atoms with Gasteiger partial charge in [-0.3, -0.25) is 9.59 Å². The van der Waals surface area contributed by atoms with Crippen LogP contribution in [0.4, 0.5) is 14.9 Å². The molecule has 0 bridgehead atoms. The maximum absolute atomic E-state index is 13.5. The summed E-state index contributed by atoms with van der Waals surface area (Å²) >= 11 is 0. The lowest BCUT2D eigenvalue weighted by Gasteiger charge is -2.12. The van der Waals surface area contributed by atoms with Gasteiger partial charge < -0.3 is 10.6 Å². The van der Waals surface area contributed by atoms with Crippen molar-refractivity contribution in [3.05, 3.63) is 71.7 Å². The number of hydrogen-bond acceptors (Lipinski definition) is 3. The highest BCUT2D eigenvalue weighted by Crippen LogP contribution is 2.15. The SMILES string of the molecule is O=C(CN1C(=O)N/C(=C/c2ccccc2)C1=O)Nc1ccccc1F. The summed E-state index contributed by atoms with van der Waals surface area (Å²) in [5, 5.41) is 4.76. The van der Waals surface area contributed by atoms with E-state index >= 15 is 0 Å². The van der Waals surface area contributed by atoms with E-state index in [-0.39, 0.29) is 11.4 Å². The van der Waals surface area contributed by atoms with Gasteiger partial charge in [-0.25, -0.2) is 14.1 Å². The summed E-state index contributed by atoms with van der Waals surface area (Å²) < 4.78 is 13.5. The quantitative estimate of drug-likeness (QED) is 0.663. The van der Waals surface area contributed by atoms with Crippen LogP contribution >= 0.6 is 0 Å². The number of carbonyl (C=O) groups excluding carboxylic acids is 3. The molecule has 6 nitrogen and oxygen atoms in total. The predicted octanol–water partition coefficient (Wildman–Crippen LogP) is 2.36. The highest BCUT2D eigenvalue weighted by molar-refractivity contribution is 6.15. The summed E-state index contributed by atoms with van der Waals surface area (Å²) in [6.07, 6.45) is 1.52. The first-order valence-electron chi connectivity index (χ1n) is 7.48. The molecular weight excluding hydrogens is 325 g/mol. The minimum atomic E-state index is -0.698. The Morgan fingerprint density at radius 3 is 2.48 bits per heavy atom. The van der Waals surface area contributed by atoms with Gasteiger partial charge in [-0.05, 0) is 23.8 Å². The van der Waals surface area contributed by atoms with E-state index in [1.807, 2.05) is 6.07 Å². The Morgan fingerprint density at radius 2 is 1.76 bits per heavy atom. The number of benzene rings is 2. The van der Waals surface area contributed by atoms with E-state index in [1.165, 1.54) is 24.3 Å². The van der Waals surface area contributed by atoms with Crippen molar-refractivity contribution in [3.63, 3.8) is 0 Å². The van der Waals surface area contributed by atoms with Crippen molar-refractivity contribution in [1.29, 1.82) is 0 Å². The minimum Gasteiger partial charge on any atom is -0.322 e. The Morgan fingerprint density at radius 1 is 1.08 bits per heavy atom. The van der Waals surface area contributed by atoms with Gasteiger partial charge in [-0.15, -0.1) is 0 Å². The summed E-state index contributed by atoms with van der Waals surface area (Å²) in [5.41, 5.74) is 0.804. The van der Waals surface area contributed by atoms with Crippen LogP contribution in [0.2, 0.25) is 0 Å². The third-order valence-electron chi connectivity index (χ3n) is 3.52. The fourth-order valence-electron chi connectivity index (χ4n) is 2.33. The first-order chi connectivity index (χ1) is 12.0. The molecule has 0 saturated carbocycles. The molecule has 7 heteroatoms. The third-order valence-corrected chi connectivity index (χ3v) is 3.52. The second kappa shape index (κ2) is 6.96. The number of halogens is 1. The number of urea groups is 1. The van der Waals surface area contributed by atoms with Gasteiger partial charge in [0.05, 0.1) is 5.69 Å². The van der Waals surface area contributed by atoms with Gasteiger partial charge in [0.25, 0.3) is 5.91 Å². The topological polar surface area (TPSA) is 78.5 Å². The normalized spacial score (nSPS) is 15.4. The molecular formula is C18H14FN3O3. The van der Waals surface area contributed by atoms with Crippen molar-refractivity contribution < 1.29 is 18.8 Å². The molecule has 2 aromatic rings. The van der Waals surface area contributed by atoms with Crippen LogP contribution in [0.15, 0.2) is 60.3 Å². The van der Waals surface area contributed by atoms with E-state index in [1.54, 1.807) is 30.3 Å². The number of carbonyl (C=O) groups is 3. The van der Waals surface area contributed by atoms with Crippen LogP contribution in [-0.4, -0.2) is 29.3 Å². The van der Waals surface area contributed by atoms with Gasteiger partial charge in [-0.1, -0.05) is 42.5 Å². The van der Waals surface area contributed by atoms with Crippen LogP contribution < -0.4 is 10.6 Å². The molecule has 2 N–H and O–H groups in total. The molecule has 1 fully saturated rings. The lowest BCUT2D eigenvalue weighted by molar-refractivity contribution is -0.127. The van der Waals surface area contributed by atoms with Crippen molar-refractivity contribution in [2.75, 3.05) is 11.9 Å². The van der Waals surface area contributed by atoms with Crippen molar-refractivity contribution in [1.82, 2.24) is 10.2 Å². The molecule has 1 aliphatic heterocycles. The van der Waals surface area contributed by atoms with Gasteiger partial charge in [0.2, 0.25) is 5.91 Å². The minimum absolute atomic E-state index is 0.0143. The van der Waals surface area contributed by atoms with Crippen LogP contribution in [-0.2, 0) is 9.59 Å². The number of para-hydroxylation sites is 1. The van der Waals surface area contributed by atoms with E-state index in [4.69, 9.17) is 0 Å². The molecule has 0 radical (unpaired) electrons. The standard InChI is InChI=1S/C18H14FN3O3/c19-13-8-4-5-9-14(13)20-16(23)11-22-17(24)15(21-18(22)25)10-12-6-2-1-3-7-12/h1-10H,11H2,(H,20,23)(H,21,25)/b15-10+. The maximum atomic E-state index is 13.5. The van der Waals surface area contributed by atoms with Gasteiger partial charge >= 0.3 is 6.03 Å². The van der Waals surface area contributed by atoms with Crippen molar-refractivity contribution in [3.8, 4) is 0 Å². The van der Waals surface area contributed by atoms with Crippen molar-refractivity contribution >= 4 is 29.6 Å². The molecule has 1 aliphatic rings. The molecule has 3 rings (SSSR count). The molecule has 1 saturated heterocycles. The predicted molar refractivity (Wildman–Crippen MR) is 89.7 cm³/mol. The molecule has 1 heterocycles. The number of nitrogens with one attached hydrogen (secondary N) is 2. The van der Waals surface area contributed by atoms with Crippen LogP contribution in [0.1, 0.15) is 5.56 Å². The zero-order valence-electron chi connectivity index (χ0n) is 13.0. The summed E-state index contributed by atoms with van der Waals surface area (Å²) in [4.78, 5) is 37.0. The van der Waals surface area contributed by atoms with Gasteiger partial charge in [0.15, 0.2) is 0 Å². The lowest BCUT2D eigenvalue weighted by Crippen LogP contribution is -2.38. The Bertz CT molecular complexity index is 865. The third kappa shape index (κ3) is 3.72. The molecule has 4 amide bonds. The second-order valence-corrected chi connectivity index (χ2v) is 5.32. The van der Waals surface area contributed by atoms with Crippen molar-refractivity contribution in [2.45, 2.75) is 0 Å². The summed E-state index contributed by atoms with van der Waals surface area (Å²) in [7, 11) is 0. The number of nitrogens with zero attached hydrogens (tertiary/aromatic N) is 1. The highest BCUT2D eigenvalue weighted by atomic mass is 19.1. The van der Waals surface area contributed by atoms with E-state index in [2.05, 4.69) is 10.6 Å². The molecule has 2 aromatic carbocycles. The molecule has 0 aliphatic carbocycles. The summed E-state index contributed by atoms with van der Waals surface area (Å²) in [5.74, 6) is -1.88. The van der Waals surface area contributed by atoms with E-state index < -0.39 is 30.2 Å². The smallest absolute Gasteiger partial charge is 0.322 e. The number of amides is 4. The van der Waals surface area contributed by atoms with E-state index in [0.29, 0.717) is 0 Å². The number of rotatable bonds is 4. The fraction of sp³-hybridized carbons (Fsp3) is 0.0556. The Labute approximate surface area is 142 Å². The van der Waals surface area contributed by atoms with E-state index in [0.717, 1.165) is 10.5 Å². The van der Waals surface area contributed by atoms with Crippen LogP contribution in [0.5, 0.6) is 0 Å². The zero-order chi connectivity index (χ0) is 17.8. The molecule has 0 spiro atoms. The highest BCUT2D eigenvalue weighted by Gasteiger charge is 2.34. The average Bonchev–Trinajstić information content (AvgIpc) is 2.85. The molecule has 0 unspecified atom stereocenters. The largest absolute Gasteiger partial charge is 0.329 e. The summed E-state index contributed by atoms with van der Waals surface area (Å²) in [6, 6.07) is 13.9. The monoisotopic (exact) mass is 339 g/mol. The van der Waals surface area contributed by atoms with Gasteiger partial charge in [-0.2, -0.15) is 0 Å². The number of anilines is 1. The fourth-order valence-corrected chi connectivity index (χ4v) is 2.33. The number of imide groups is 1. The molecule has 25 heavy (non-hydrogen) atoms. The number of hydrogen-bond donors (Lipinski definition) is 2. The van der Waals surface area contributed by atoms with E-state index in [9.17, 15) is 18.8 Å². The Kier molecular flexibility index (Phi) is 4.56.